The average molecular weight is 516 g/mol. The molecule has 0 radical (unpaired) electrons. The number of para-hydroxylation sites is 2. The number of esters is 1. The fourth-order valence-corrected chi connectivity index (χ4v) is 3.35. The number of imide groups is 1. The number of carbonyl (C=O) groups is 3. The summed E-state index contributed by atoms with van der Waals surface area (Å²) in [4.78, 5) is 40.4. The summed E-state index contributed by atoms with van der Waals surface area (Å²) >= 11 is 0. The van der Waals surface area contributed by atoms with Crippen molar-refractivity contribution < 1.29 is 28.6 Å². The number of aromatic nitrogens is 4. The van der Waals surface area contributed by atoms with Crippen molar-refractivity contribution in [3.8, 4) is 22.9 Å². The van der Waals surface area contributed by atoms with Crippen LogP contribution in [0, 0.1) is 0 Å². The van der Waals surface area contributed by atoms with Crippen molar-refractivity contribution >= 4 is 23.8 Å². The first-order valence-corrected chi connectivity index (χ1v) is 11.6. The molecule has 0 aliphatic carbocycles. The summed E-state index contributed by atoms with van der Waals surface area (Å²) in [5, 5.41) is 11.4. The van der Waals surface area contributed by atoms with Crippen LogP contribution >= 0.6 is 0 Å². The standard InChI is InChI=1S/C27H25N5O6/c1-27(2,3)38-24(33)19-15-18(23-28-29-30-31(23)4)16-20(17-19)32(25(34)36-21-11-7-5-8-12-21)26(35)37-22-13-9-6-10-14-22/h5-17H,1-4H3. The van der Waals surface area contributed by atoms with Gasteiger partial charge in [0, 0.05) is 12.6 Å². The molecule has 38 heavy (non-hydrogen) atoms. The maximum Gasteiger partial charge on any atom is 0.429 e. The third kappa shape index (κ3) is 6.38. The Balaban J connectivity index is 1.81. The monoisotopic (exact) mass is 515 g/mol. The molecule has 0 N–H and O–H groups in total. The van der Waals surface area contributed by atoms with E-state index in [0.29, 0.717) is 10.5 Å². The molecular weight excluding hydrogens is 490 g/mol. The number of anilines is 1. The van der Waals surface area contributed by atoms with Gasteiger partial charge in [-0.15, -0.1) is 5.10 Å². The van der Waals surface area contributed by atoms with Crippen molar-refractivity contribution in [1.82, 2.24) is 20.2 Å². The number of rotatable bonds is 5. The first kappa shape index (κ1) is 26.0. The molecule has 0 spiro atoms. The van der Waals surface area contributed by atoms with Crippen molar-refractivity contribution in [3.05, 3.63) is 84.4 Å². The fourth-order valence-electron chi connectivity index (χ4n) is 3.35. The predicted molar refractivity (Wildman–Crippen MR) is 137 cm³/mol. The molecule has 4 aromatic rings. The van der Waals surface area contributed by atoms with Gasteiger partial charge in [0.15, 0.2) is 5.82 Å². The Hall–Kier alpha value is -5.06. The average Bonchev–Trinajstić information content (AvgIpc) is 3.30. The van der Waals surface area contributed by atoms with Gasteiger partial charge in [-0.3, -0.25) is 0 Å². The van der Waals surface area contributed by atoms with Crippen molar-refractivity contribution in [2.75, 3.05) is 4.90 Å². The molecule has 0 fully saturated rings. The second kappa shape index (κ2) is 10.9. The quantitative estimate of drug-likeness (QED) is 0.336. The summed E-state index contributed by atoms with van der Waals surface area (Å²) in [6, 6.07) is 20.8. The van der Waals surface area contributed by atoms with Crippen LogP contribution in [-0.2, 0) is 11.8 Å². The Morgan fingerprint density at radius 1 is 0.816 bits per heavy atom. The van der Waals surface area contributed by atoms with Gasteiger partial charge in [0.2, 0.25) is 0 Å². The number of amides is 2. The maximum atomic E-state index is 13.4. The van der Waals surface area contributed by atoms with E-state index < -0.39 is 23.8 Å². The highest BCUT2D eigenvalue weighted by Crippen LogP contribution is 2.29. The number of nitrogens with zero attached hydrogens (tertiary/aromatic N) is 5. The maximum absolute atomic E-state index is 13.4. The number of carbonyl (C=O) groups excluding carboxylic acids is 3. The third-order valence-electron chi connectivity index (χ3n) is 4.95. The Labute approximate surface area is 218 Å². The molecule has 194 valence electrons. The van der Waals surface area contributed by atoms with E-state index in [4.69, 9.17) is 14.2 Å². The lowest BCUT2D eigenvalue weighted by molar-refractivity contribution is 0.00693. The van der Waals surface area contributed by atoms with E-state index >= 15 is 0 Å². The smallest absolute Gasteiger partial charge is 0.429 e. The number of hydrogen-bond acceptors (Lipinski definition) is 9. The van der Waals surface area contributed by atoms with Crippen LogP contribution in [0.25, 0.3) is 11.4 Å². The van der Waals surface area contributed by atoms with E-state index in [1.807, 2.05) is 0 Å². The van der Waals surface area contributed by atoms with Crippen LogP contribution in [0.15, 0.2) is 78.9 Å². The highest BCUT2D eigenvalue weighted by molar-refractivity contribution is 6.11. The van der Waals surface area contributed by atoms with Gasteiger partial charge in [-0.1, -0.05) is 36.4 Å². The fraction of sp³-hybridized carbons (Fsp3) is 0.185. The molecule has 0 aliphatic rings. The number of ether oxygens (including phenoxy) is 3. The van der Waals surface area contributed by atoms with E-state index in [-0.39, 0.29) is 28.6 Å². The molecular formula is C27H25N5O6. The zero-order chi connectivity index (χ0) is 27.3. The predicted octanol–water partition coefficient (Wildman–Crippen LogP) is 5.04. The first-order valence-electron chi connectivity index (χ1n) is 11.6. The number of aryl methyl sites for hydroxylation is 1. The van der Waals surface area contributed by atoms with Crippen LogP contribution in [0.1, 0.15) is 31.1 Å². The Bertz CT molecular complexity index is 1390. The molecule has 11 heteroatoms. The van der Waals surface area contributed by atoms with Crippen molar-refractivity contribution in [1.29, 1.82) is 0 Å². The van der Waals surface area contributed by atoms with Crippen molar-refractivity contribution in [2.45, 2.75) is 26.4 Å². The minimum atomic E-state index is -1.06. The lowest BCUT2D eigenvalue weighted by atomic mass is 10.1. The van der Waals surface area contributed by atoms with Crippen molar-refractivity contribution in [3.63, 3.8) is 0 Å². The van der Waals surface area contributed by atoms with Crippen LogP contribution in [0.4, 0.5) is 15.3 Å². The van der Waals surface area contributed by atoms with E-state index in [2.05, 4.69) is 15.5 Å². The topological polar surface area (TPSA) is 126 Å². The number of hydrogen-bond donors (Lipinski definition) is 0. The molecule has 4 rings (SSSR count). The first-order chi connectivity index (χ1) is 18.1. The van der Waals surface area contributed by atoms with Gasteiger partial charge in [0.1, 0.15) is 17.1 Å². The minimum absolute atomic E-state index is 0.0202. The lowest BCUT2D eigenvalue weighted by Gasteiger charge is -2.22. The highest BCUT2D eigenvalue weighted by Gasteiger charge is 2.30. The second-order valence-corrected chi connectivity index (χ2v) is 9.09. The summed E-state index contributed by atoms with van der Waals surface area (Å²) in [7, 11) is 1.61. The van der Waals surface area contributed by atoms with Gasteiger partial charge in [0.25, 0.3) is 0 Å². The van der Waals surface area contributed by atoms with Gasteiger partial charge in [-0.25, -0.2) is 19.1 Å². The van der Waals surface area contributed by atoms with Gasteiger partial charge in [-0.05, 0) is 73.7 Å². The molecule has 3 aromatic carbocycles. The normalized spacial score (nSPS) is 10.9. The molecule has 2 amide bonds. The van der Waals surface area contributed by atoms with Crippen LogP contribution in [0.3, 0.4) is 0 Å². The molecule has 0 saturated heterocycles. The largest absolute Gasteiger partial charge is 0.456 e. The Kier molecular flexibility index (Phi) is 7.47. The van der Waals surface area contributed by atoms with E-state index in [0.717, 1.165) is 0 Å². The van der Waals surface area contributed by atoms with Crippen LogP contribution in [-0.4, -0.2) is 44.0 Å². The zero-order valence-electron chi connectivity index (χ0n) is 21.2. The van der Waals surface area contributed by atoms with E-state index in [9.17, 15) is 14.4 Å². The summed E-state index contributed by atoms with van der Waals surface area (Å²) < 4.78 is 17.8. The van der Waals surface area contributed by atoms with Crippen LogP contribution < -0.4 is 14.4 Å². The molecule has 1 heterocycles. The molecule has 0 saturated carbocycles. The van der Waals surface area contributed by atoms with E-state index in [1.54, 1.807) is 88.5 Å². The minimum Gasteiger partial charge on any atom is -0.456 e. The van der Waals surface area contributed by atoms with Crippen molar-refractivity contribution in [2.24, 2.45) is 7.05 Å². The molecule has 0 aliphatic heterocycles. The SMILES string of the molecule is Cn1nnnc1-c1cc(C(=O)OC(C)(C)C)cc(N(C(=O)Oc2ccccc2)C(=O)Oc2ccccc2)c1. The molecule has 0 unspecified atom stereocenters. The van der Waals surface area contributed by atoms with Gasteiger partial charge >= 0.3 is 18.2 Å². The third-order valence-corrected chi connectivity index (χ3v) is 4.95. The van der Waals surface area contributed by atoms with Crippen LogP contribution in [0.5, 0.6) is 11.5 Å². The summed E-state index contributed by atoms with van der Waals surface area (Å²) in [6.45, 7) is 5.18. The van der Waals surface area contributed by atoms with Crippen LogP contribution in [0.2, 0.25) is 0 Å². The second-order valence-electron chi connectivity index (χ2n) is 9.09. The lowest BCUT2D eigenvalue weighted by Crippen LogP contribution is -2.41. The molecule has 1 aromatic heterocycles. The Morgan fingerprint density at radius 2 is 1.37 bits per heavy atom. The number of benzene rings is 3. The molecule has 11 nitrogen and oxygen atoms in total. The number of tetrazole rings is 1. The summed E-state index contributed by atoms with van der Waals surface area (Å²) in [5.41, 5.74) is -0.410. The van der Waals surface area contributed by atoms with Gasteiger partial charge in [0.05, 0.1) is 11.3 Å². The molecule has 0 bridgehead atoms. The van der Waals surface area contributed by atoms with E-state index in [1.165, 1.54) is 22.9 Å². The summed E-state index contributed by atoms with van der Waals surface area (Å²) in [6.07, 6.45) is -2.11. The van der Waals surface area contributed by atoms with Gasteiger partial charge in [-0.2, -0.15) is 4.90 Å². The molecule has 0 atom stereocenters. The highest BCUT2D eigenvalue weighted by atomic mass is 16.6. The summed E-state index contributed by atoms with van der Waals surface area (Å²) in [5.74, 6) is 0.0139. The zero-order valence-corrected chi connectivity index (χ0v) is 21.2. The van der Waals surface area contributed by atoms with Gasteiger partial charge < -0.3 is 14.2 Å². The Morgan fingerprint density at radius 3 is 1.84 bits per heavy atom.